The molecular weight excluding hydrogens is 497 g/mol. The summed E-state index contributed by atoms with van der Waals surface area (Å²) in [6.45, 7) is 4.34. The van der Waals surface area contributed by atoms with Gasteiger partial charge < -0.3 is 14.4 Å². The van der Waals surface area contributed by atoms with Gasteiger partial charge in [0.05, 0.1) is 21.2 Å². The van der Waals surface area contributed by atoms with E-state index in [9.17, 15) is 9.90 Å². The van der Waals surface area contributed by atoms with E-state index in [1.54, 1.807) is 30.3 Å². The second kappa shape index (κ2) is 10.00. The Morgan fingerprint density at radius 2 is 1.78 bits per heavy atom. The van der Waals surface area contributed by atoms with Gasteiger partial charge >= 0.3 is 5.97 Å². The average Bonchev–Trinajstić information content (AvgIpc) is 3.47. The molecule has 0 spiro atoms. The number of aromatic nitrogens is 1. The summed E-state index contributed by atoms with van der Waals surface area (Å²) in [5.74, 6) is 0.930. The first-order valence-electron chi connectivity index (χ1n) is 11.8. The lowest BCUT2D eigenvalue weighted by Crippen LogP contribution is -2.02. The Labute approximate surface area is 219 Å². The van der Waals surface area contributed by atoms with Gasteiger partial charge in [-0.3, -0.25) is 0 Å². The quantitative estimate of drug-likeness (QED) is 0.267. The third kappa shape index (κ3) is 4.73. The molecule has 1 unspecified atom stereocenters. The van der Waals surface area contributed by atoms with Crippen LogP contribution < -0.4 is 4.74 Å². The van der Waals surface area contributed by atoms with Gasteiger partial charge in [0, 0.05) is 11.5 Å². The van der Waals surface area contributed by atoms with Gasteiger partial charge in [0.1, 0.15) is 23.8 Å². The highest BCUT2D eigenvalue weighted by molar-refractivity contribution is 6.39. The number of nitrogens with zero attached hydrogens (tertiary/aromatic N) is 1. The molecule has 5 rings (SSSR count). The number of aromatic carboxylic acids is 1. The summed E-state index contributed by atoms with van der Waals surface area (Å²) in [6, 6.07) is 18.7. The molecule has 0 fully saturated rings. The summed E-state index contributed by atoms with van der Waals surface area (Å²) in [5, 5.41) is 14.6. The van der Waals surface area contributed by atoms with Crippen LogP contribution in [0.1, 0.15) is 64.1 Å². The van der Waals surface area contributed by atoms with Crippen LogP contribution in [0.15, 0.2) is 65.2 Å². The predicted molar refractivity (Wildman–Crippen MR) is 140 cm³/mol. The Kier molecular flexibility index (Phi) is 6.78. The van der Waals surface area contributed by atoms with Crippen molar-refractivity contribution in [2.24, 2.45) is 0 Å². The minimum absolute atomic E-state index is 0.105. The number of hydrogen-bond donors (Lipinski definition) is 1. The monoisotopic (exact) mass is 521 g/mol. The van der Waals surface area contributed by atoms with Crippen LogP contribution in [0.2, 0.25) is 10.0 Å². The minimum Gasteiger partial charge on any atom is -0.489 e. The van der Waals surface area contributed by atoms with E-state index < -0.39 is 5.97 Å². The first-order chi connectivity index (χ1) is 17.3. The molecule has 1 aliphatic rings. The fourth-order valence-corrected chi connectivity index (χ4v) is 5.41. The second-order valence-electron chi connectivity index (χ2n) is 9.38. The zero-order chi connectivity index (χ0) is 25.4. The van der Waals surface area contributed by atoms with Crippen LogP contribution in [0, 0.1) is 0 Å². The number of hydrogen-bond acceptors (Lipinski definition) is 4. The zero-order valence-corrected chi connectivity index (χ0v) is 21.4. The van der Waals surface area contributed by atoms with E-state index >= 15 is 0 Å². The second-order valence-corrected chi connectivity index (χ2v) is 10.2. The lowest BCUT2D eigenvalue weighted by Gasteiger charge is -2.11. The molecule has 4 aromatic rings. The highest BCUT2D eigenvalue weighted by Crippen LogP contribution is 2.40. The van der Waals surface area contributed by atoms with Crippen molar-refractivity contribution in [3.8, 4) is 17.0 Å². The van der Waals surface area contributed by atoms with Crippen LogP contribution in [0.4, 0.5) is 0 Å². The summed E-state index contributed by atoms with van der Waals surface area (Å²) >= 11 is 12.9. The fourth-order valence-electron chi connectivity index (χ4n) is 4.84. The van der Waals surface area contributed by atoms with E-state index in [1.807, 2.05) is 32.0 Å². The molecular formula is C29H25Cl2NO4. The number of halogens is 2. The Morgan fingerprint density at radius 3 is 2.50 bits per heavy atom. The lowest BCUT2D eigenvalue weighted by molar-refractivity contribution is 0.0696. The van der Waals surface area contributed by atoms with Crippen LogP contribution >= 0.6 is 23.2 Å². The van der Waals surface area contributed by atoms with E-state index in [1.165, 1.54) is 11.1 Å². The molecule has 3 aromatic carbocycles. The maximum Gasteiger partial charge on any atom is 0.335 e. The number of ether oxygens (including phenoxy) is 1. The molecule has 7 heteroatoms. The molecule has 1 atom stereocenters. The van der Waals surface area contributed by atoms with Crippen molar-refractivity contribution < 1.29 is 19.2 Å². The molecule has 184 valence electrons. The molecule has 1 aromatic heterocycles. The van der Waals surface area contributed by atoms with Crippen LogP contribution in [0.5, 0.6) is 5.75 Å². The fraction of sp³-hybridized carbons (Fsp3) is 0.241. The first kappa shape index (κ1) is 24.4. The molecule has 1 heterocycles. The minimum atomic E-state index is -0.907. The van der Waals surface area contributed by atoms with Gasteiger partial charge in [0.2, 0.25) is 0 Å². The SMILES string of the molecule is CC(C)c1onc(-c2c(Cl)cccc2Cl)c1COc1ccc2c(c1)CC(c1cccc(C(=O)O)c1)C2. The van der Waals surface area contributed by atoms with Crippen LogP contribution in [0.25, 0.3) is 11.3 Å². The van der Waals surface area contributed by atoms with Gasteiger partial charge in [-0.1, -0.05) is 66.5 Å². The van der Waals surface area contributed by atoms with E-state index in [0.717, 1.165) is 35.5 Å². The van der Waals surface area contributed by atoms with Gasteiger partial charge in [-0.05, 0) is 71.8 Å². The summed E-state index contributed by atoms with van der Waals surface area (Å²) in [6.07, 6.45) is 1.71. The van der Waals surface area contributed by atoms with E-state index in [2.05, 4.69) is 17.3 Å². The van der Waals surface area contributed by atoms with Crippen LogP contribution in [-0.2, 0) is 19.4 Å². The van der Waals surface area contributed by atoms with Crippen molar-refractivity contribution in [2.45, 2.75) is 45.1 Å². The summed E-state index contributed by atoms with van der Waals surface area (Å²) in [5.41, 5.74) is 5.87. The molecule has 0 aliphatic heterocycles. The Morgan fingerprint density at radius 1 is 1.06 bits per heavy atom. The van der Waals surface area contributed by atoms with Crippen LogP contribution in [-0.4, -0.2) is 16.2 Å². The topological polar surface area (TPSA) is 72.6 Å². The number of rotatable bonds is 7. The number of fused-ring (bicyclic) bond motifs is 1. The number of carbonyl (C=O) groups is 1. The Hall–Kier alpha value is -3.28. The van der Waals surface area contributed by atoms with Gasteiger partial charge in [-0.2, -0.15) is 0 Å². The van der Waals surface area contributed by atoms with E-state index in [-0.39, 0.29) is 18.4 Å². The van der Waals surface area contributed by atoms with Crippen molar-refractivity contribution in [3.63, 3.8) is 0 Å². The highest BCUT2D eigenvalue weighted by Gasteiger charge is 2.26. The lowest BCUT2D eigenvalue weighted by atomic mass is 9.95. The van der Waals surface area contributed by atoms with Gasteiger partial charge in [0.15, 0.2) is 0 Å². The Balaban J connectivity index is 1.38. The van der Waals surface area contributed by atoms with Crippen molar-refractivity contribution in [2.75, 3.05) is 0 Å². The van der Waals surface area contributed by atoms with Crippen LogP contribution in [0.3, 0.4) is 0 Å². The normalized spacial score (nSPS) is 14.8. The molecule has 1 aliphatic carbocycles. The van der Waals surface area contributed by atoms with Crippen molar-refractivity contribution >= 4 is 29.2 Å². The third-order valence-corrected chi connectivity index (χ3v) is 7.27. The Bertz CT molecular complexity index is 1420. The van der Waals surface area contributed by atoms with E-state index in [4.69, 9.17) is 32.5 Å². The van der Waals surface area contributed by atoms with Crippen molar-refractivity contribution in [1.29, 1.82) is 0 Å². The average molecular weight is 522 g/mol. The van der Waals surface area contributed by atoms with Crippen molar-refractivity contribution in [3.05, 3.63) is 104 Å². The summed E-state index contributed by atoms with van der Waals surface area (Å²) < 4.78 is 11.9. The van der Waals surface area contributed by atoms with Crippen molar-refractivity contribution in [1.82, 2.24) is 5.16 Å². The zero-order valence-electron chi connectivity index (χ0n) is 19.9. The smallest absolute Gasteiger partial charge is 0.335 e. The molecule has 0 radical (unpaired) electrons. The standard InChI is InChI=1S/C29H25Cl2NO4/c1-16(2)28-23(27(32-36-28)26-24(30)7-4-8-25(26)31)15-35-22-10-9-18-12-20(13-21(18)14-22)17-5-3-6-19(11-17)29(33)34/h3-11,14,16,20H,12-13,15H2,1-2H3,(H,33,34). The number of carboxylic acid groups (broad SMARTS) is 1. The largest absolute Gasteiger partial charge is 0.489 e. The molecule has 0 amide bonds. The summed E-state index contributed by atoms with van der Waals surface area (Å²) in [7, 11) is 0. The molecule has 0 saturated heterocycles. The molecule has 36 heavy (non-hydrogen) atoms. The van der Waals surface area contributed by atoms with Gasteiger partial charge in [-0.15, -0.1) is 0 Å². The molecule has 1 N–H and O–H groups in total. The number of carboxylic acids is 1. The van der Waals surface area contributed by atoms with Gasteiger partial charge in [0.25, 0.3) is 0 Å². The molecule has 0 bridgehead atoms. The molecule has 5 nitrogen and oxygen atoms in total. The highest BCUT2D eigenvalue weighted by atomic mass is 35.5. The van der Waals surface area contributed by atoms with Gasteiger partial charge in [-0.25, -0.2) is 4.79 Å². The maximum absolute atomic E-state index is 11.4. The first-order valence-corrected chi connectivity index (χ1v) is 12.6. The maximum atomic E-state index is 11.4. The predicted octanol–water partition coefficient (Wildman–Crippen LogP) is 7.93. The number of benzene rings is 3. The molecule has 0 saturated carbocycles. The van der Waals surface area contributed by atoms with E-state index in [0.29, 0.717) is 26.9 Å². The summed E-state index contributed by atoms with van der Waals surface area (Å²) in [4.78, 5) is 11.4. The third-order valence-electron chi connectivity index (χ3n) is 6.64.